The highest BCUT2D eigenvalue weighted by Crippen LogP contribution is 2.48. The van der Waals surface area contributed by atoms with E-state index < -0.39 is 23.2 Å². The van der Waals surface area contributed by atoms with Crippen LogP contribution in [0.15, 0.2) is 18.2 Å². The summed E-state index contributed by atoms with van der Waals surface area (Å²) in [5.41, 5.74) is -1.13. The third kappa shape index (κ3) is 3.08. The Morgan fingerprint density at radius 1 is 1.29 bits per heavy atom. The Balaban J connectivity index is 2.26. The Bertz CT molecular complexity index is 542. The number of nitriles is 1. The molecule has 21 heavy (non-hydrogen) atoms. The lowest BCUT2D eigenvalue weighted by molar-refractivity contribution is 0.0166. The maximum atomic E-state index is 13.9. The van der Waals surface area contributed by atoms with Gasteiger partial charge >= 0.3 is 0 Å². The van der Waals surface area contributed by atoms with Gasteiger partial charge in [-0.2, -0.15) is 5.26 Å². The molecule has 0 amide bonds. The van der Waals surface area contributed by atoms with Crippen molar-refractivity contribution < 1.29 is 13.9 Å². The number of hydrogen-bond acceptors (Lipinski definition) is 2. The third-order valence-electron chi connectivity index (χ3n) is 4.86. The molecule has 0 radical (unpaired) electrons. The van der Waals surface area contributed by atoms with Gasteiger partial charge in [0.2, 0.25) is 0 Å². The first kappa shape index (κ1) is 15.9. The van der Waals surface area contributed by atoms with Crippen LogP contribution in [0.25, 0.3) is 0 Å². The van der Waals surface area contributed by atoms with Gasteiger partial charge in [0.05, 0.1) is 11.5 Å². The van der Waals surface area contributed by atoms with Crippen LogP contribution >= 0.6 is 0 Å². The van der Waals surface area contributed by atoms with Crippen LogP contribution in [0.5, 0.6) is 0 Å². The first-order valence-corrected chi connectivity index (χ1v) is 7.44. The standard InChI is InChI=1S/C17H21F2NO/c1-11(2)12-5-7-17(10-20,8-6-12)16(21)14-9-13(18)3-4-15(14)19/h3-4,9,11-12,16,21H,5-8H2,1-2H3. The molecule has 1 atom stereocenters. The molecule has 1 aromatic carbocycles. The van der Waals surface area contributed by atoms with Gasteiger partial charge in [0, 0.05) is 5.56 Å². The largest absolute Gasteiger partial charge is 0.387 e. The van der Waals surface area contributed by atoms with Crippen molar-refractivity contribution in [2.45, 2.75) is 45.6 Å². The van der Waals surface area contributed by atoms with E-state index in [9.17, 15) is 19.1 Å². The van der Waals surface area contributed by atoms with Gasteiger partial charge in [0.25, 0.3) is 0 Å². The van der Waals surface area contributed by atoms with Crippen molar-refractivity contribution in [3.8, 4) is 6.07 Å². The zero-order valence-electron chi connectivity index (χ0n) is 12.4. The van der Waals surface area contributed by atoms with E-state index in [1.54, 1.807) is 0 Å². The monoisotopic (exact) mass is 293 g/mol. The first-order chi connectivity index (χ1) is 9.89. The highest BCUT2D eigenvalue weighted by atomic mass is 19.1. The Labute approximate surface area is 124 Å². The first-order valence-electron chi connectivity index (χ1n) is 7.44. The predicted molar refractivity (Wildman–Crippen MR) is 76.2 cm³/mol. The Hall–Kier alpha value is -1.47. The van der Waals surface area contributed by atoms with Gasteiger partial charge in [-0.25, -0.2) is 8.78 Å². The molecule has 1 fully saturated rings. The van der Waals surface area contributed by atoms with Crippen molar-refractivity contribution in [1.82, 2.24) is 0 Å². The van der Waals surface area contributed by atoms with Crippen LogP contribution in [0.3, 0.4) is 0 Å². The molecule has 0 aliphatic heterocycles. The molecule has 1 saturated carbocycles. The van der Waals surface area contributed by atoms with Crippen molar-refractivity contribution in [1.29, 1.82) is 5.26 Å². The number of aliphatic hydroxyl groups excluding tert-OH is 1. The van der Waals surface area contributed by atoms with Crippen molar-refractivity contribution in [2.24, 2.45) is 17.3 Å². The molecule has 0 saturated heterocycles. The molecular weight excluding hydrogens is 272 g/mol. The lowest BCUT2D eigenvalue weighted by Gasteiger charge is -2.39. The lowest BCUT2D eigenvalue weighted by atomic mass is 9.65. The summed E-state index contributed by atoms with van der Waals surface area (Å²) in [6.07, 6.45) is 1.41. The Morgan fingerprint density at radius 2 is 1.90 bits per heavy atom. The molecule has 1 N–H and O–H groups in total. The molecule has 1 aliphatic carbocycles. The molecule has 0 heterocycles. The minimum Gasteiger partial charge on any atom is -0.387 e. The summed E-state index contributed by atoms with van der Waals surface area (Å²) in [5.74, 6) is -0.209. The highest BCUT2D eigenvalue weighted by Gasteiger charge is 2.43. The van der Waals surface area contributed by atoms with Gasteiger partial charge in [-0.3, -0.25) is 0 Å². The minimum atomic E-state index is -1.29. The van der Waals surface area contributed by atoms with Gasteiger partial charge in [-0.1, -0.05) is 13.8 Å². The molecular formula is C17H21F2NO. The van der Waals surface area contributed by atoms with Crippen molar-refractivity contribution in [2.75, 3.05) is 0 Å². The zero-order valence-corrected chi connectivity index (χ0v) is 12.4. The summed E-state index contributed by atoms with van der Waals surface area (Å²) in [6, 6.07) is 5.19. The summed E-state index contributed by atoms with van der Waals surface area (Å²) in [5, 5.41) is 20.0. The number of aliphatic hydroxyl groups is 1. The van der Waals surface area contributed by atoms with Gasteiger partial charge in [0.15, 0.2) is 0 Å². The summed E-state index contributed by atoms with van der Waals surface area (Å²) < 4.78 is 27.2. The molecule has 4 heteroatoms. The second kappa shape index (κ2) is 6.11. The average Bonchev–Trinajstić information content (AvgIpc) is 2.49. The molecule has 2 nitrogen and oxygen atoms in total. The smallest absolute Gasteiger partial charge is 0.129 e. The molecule has 0 spiro atoms. The average molecular weight is 293 g/mol. The number of rotatable bonds is 3. The fraction of sp³-hybridized carbons (Fsp3) is 0.588. The van der Waals surface area contributed by atoms with Crippen molar-refractivity contribution >= 4 is 0 Å². The van der Waals surface area contributed by atoms with Crippen LogP contribution in [-0.2, 0) is 0 Å². The van der Waals surface area contributed by atoms with E-state index in [0.29, 0.717) is 24.7 Å². The summed E-state index contributed by atoms with van der Waals surface area (Å²) in [6.45, 7) is 4.29. The second-order valence-corrected chi connectivity index (χ2v) is 6.42. The van der Waals surface area contributed by atoms with Crippen molar-refractivity contribution in [3.63, 3.8) is 0 Å². The van der Waals surface area contributed by atoms with Crippen LogP contribution < -0.4 is 0 Å². The van der Waals surface area contributed by atoms with Crippen LogP contribution in [0.2, 0.25) is 0 Å². The van der Waals surface area contributed by atoms with E-state index in [0.717, 1.165) is 31.0 Å². The van der Waals surface area contributed by atoms with E-state index in [4.69, 9.17) is 0 Å². The van der Waals surface area contributed by atoms with Crippen LogP contribution in [0, 0.1) is 40.2 Å². The van der Waals surface area contributed by atoms with E-state index in [-0.39, 0.29) is 5.56 Å². The Morgan fingerprint density at radius 3 is 2.43 bits per heavy atom. The zero-order chi connectivity index (χ0) is 15.6. The van der Waals surface area contributed by atoms with E-state index in [2.05, 4.69) is 19.9 Å². The fourth-order valence-corrected chi connectivity index (χ4v) is 3.29. The van der Waals surface area contributed by atoms with Crippen molar-refractivity contribution in [3.05, 3.63) is 35.4 Å². The summed E-state index contributed by atoms with van der Waals surface area (Å²) in [7, 11) is 0. The second-order valence-electron chi connectivity index (χ2n) is 6.42. The number of halogens is 2. The Kier molecular flexibility index (Phi) is 4.63. The molecule has 0 bridgehead atoms. The molecule has 1 aromatic rings. The van der Waals surface area contributed by atoms with E-state index in [1.165, 1.54) is 0 Å². The normalized spacial score (nSPS) is 27.4. The van der Waals surface area contributed by atoms with Gasteiger partial charge < -0.3 is 5.11 Å². The number of hydrogen-bond donors (Lipinski definition) is 1. The maximum absolute atomic E-state index is 13.9. The van der Waals surface area contributed by atoms with Gasteiger partial charge in [0.1, 0.15) is 17.7 Å². The number of nitrogens with zero attached hydrogens (tertiary/aromatic N) is 1. The topological polar surface area (TPSA) is 44.0 Å². The SMILES string of the molecule is CC(C)C1CCC(C#N)(C(O)c2cc(F)ccc2F)CC1. The van der Waals surface area contributed by atoms with E-state index in [1.807, 2.05) is 0 Å². The quantitative estimate of drug-likeness (QED) is 0.900. The highest BCUT2D eigenvalue weighted by molar-refractivity contribution is 5.26. The van der Waals surface area contributed by atoms with Gasteiger partial charge in [-0.05, 0) is 55.7 Å². The van der Waals surface area contributed by atoms with Gasteiger partial charge in [-0.15, -0.1) is 0 Å². The minimum absolute atomic E-state index is 0.112. The molecule has 1 aliphatic rings. The van der Waals surface area contributed by atoms with Crippen LogP contribution in [0.1, 0.15) is 51.2 Å². The maximum Gasteiger partial charge on any atom is 0.129 e. The summed E-state index contributed by atoms with van der Waals surface area (Å²) >= 11 is 0. The van der Waals surface area contributed by atoms with E-state index >= 15 is 0 Å². The molecule has 114 valence electrons. The van der Waals surface area contributed by atoms with Crippen LogP contribution in [-0.4, -0.2) is 5.11 Å². The lowest BCUT2D eigenvalue weighted by Crippen LogP contribution is -2.34. The third-order valence-corrected chi connectivity index (χ3v) is 4.86. The fourth-order valence-electron chi connectivity index (χ4n) is 3.29. The molecule has 0 aromatic heterocycles. The molecule has 2 rings (SSSR count). The number of benzene rings is 1. The summed E-state index contributed by atoms with van der Waals surface area (Å²) in [4.78, 5) is 0. The molecule has 1 unspecified atom stereocenters. The van der Waals surface area contributed by atoms with Crippen LogP contribution in [0.4, 0.5) is 8.78 Å². The predicted octanol–water partition coefficient (Wildman–Crippen LogP) is 4.35.